The number of para-hydroxylation sites is 1. The number of carbonyl (C=O) groups excluding carboxylic acids is 1. The summed E-state index contributed by atoms with van der Waals surface area (Å²) in [5.74, 6) is -0.146. The molecule has 2 aromatic heterocycles. The zero-order valence-electron chi connectivity index (χ0n) is 11.7. The summed E-state index contributed by atoms with van der Waals surface area (Å²) in [4.78, 5) is 20.8. The lowest BCUT2D eigenvalue weighted by Gasteiger charge is -2.04. The Morgan fingerprint density at radius 2 is 2.05 bits per heavy atom. The molecule has 0 unspecified atom stereocenters. The SMILES string of the molecule is Cc1nc(CCNC(=O)c2ccc3ccccc3n2)cs1. The second-order valence-corrected chi connectivity index (χ2v) is 5.82. The molecule has 0 saturated heterocycles. The maximum atomic E-state index is 12.1. The Morgan fingerprint density at radius 3 is 2.86 bits per heavy atom. The Kier molecular flexibility index (Phi) is 3.92. The Balaban J connectivity index is 1.63. The van der Waals surface area contributed by atoms with Gasteiger partial charge in [-0.1, -0.05) is 24.3 Å². The summed E-state index contributed by atoms with van der Waals surface area (Å²) in [6.07, 6.45) is 0.740. The number of aryl methyl sites for hydroxylation is 1. The normalized spacial score (nSPS) is 10.7. The summed E-state index contributed by atoms with van der Waals surface area (Å²) < 4.78 is 0. The van der Waals surface area contributed by atoms with Crippen molar-refractivity contribution in [3.63, 3.8) is 0 Å². The Labute approximate surface area is 126 Å². The number of pyridine rings is 1. The largest absolute Gasteiger partial charge is 0.350 e. The molecule has 0 aliphatic carbocycles. The number of carbonyl (C=O) groups is 1. The standard InChI is InChI=1S/C16H15N3OS/c1-11-18-13(10-21-11)8-9-17-16(20)15-7-6-12-4-2-3-5-14(12)19-15/h2-7,10H,8-9H2,1H3,(H,17,20). The lowest BCUT2D eigenvalue weighted by molar-refractivity contribution is 0.0949. The molecule has 1 amide bonds. The Morgan fingerprint density at radius 1 is 1.19 bits per heavy atom. The molecular formula is C16H15N3OS. The monoisotopic (exact) mass is 297 g/mol. The molecule has 0 saturated carbocycles. The summed E-state index contributed by atoms with van der Waals surface area (Å²) in [5.41, 5.74) is 2.30. The van der Waals surface area contributed by atoms with Crippen molar-refractivity contribution in [2.75, 3.05) is 6.54 Å². The third kappa shape index (κ3) is 3.25. The highest BCUT2D eigenvalue weighted by Crippen LogP contribution is 2.12. The van der Waals surface area contributed by atoms with Crippen LogP contribution in [0.25, 0.3) is 10.9 Å². The van der Waals surface area contributed by atoms with Crippen LogP contribution in [0.4, 0.5) is 0 Å². The summed E-state index contributed by atoms with van der Waals surface area (Å²) in [7, 11) is 0. The summed E-state index contributed by atoms with van der Waals surface area (Å²) in [5, 5.41) is 6.99. The quantitative estimate of drug-likeness (QED) is 0.805. The van der Waals surface area contributed by atoms with Gasteiger partial charge in [0.15, 0.2) is 0 Å². The fraction of sp³-hybridized carbons (Fsp3) is 0.188. The van der Waals surface area contributed by atoms with Crippen molar-refractivity contribution in [2.24, 2.45) is 0 Å². The van der Waals surface area contributed by atoms with Crippen LogP contribution in [0, 0.1) is 6.92 Å². The van der Waals surface area contributed by atoms with Gasteiger partial charge in [0, 0.05) is 23.7 Å². The highest BCUT2D eigenvalue weighted by atomic mass is 32.1. The van der Waals surface area contributed by atoms with Crippen molar-refractivity contribution in [3.8, 4) is 0 Å². The second kappa shape index (κ2) is 6.01. The molecule has 0 aliphatic rings. The third-order valence-corrected chi connectivity index (χ3v) is 3.99. The van der Waals surface area contributed by atoms with Crippen LogP contribution < -0.4 is 5.32 Å². The molecule has 0 bridgehead atoms. The maximum Gasteiger partial charge on any atom is 0.269 e. The van der Waals surface area contributed by atoms with Crippen molar-refractivity contribution in [1.82, 2.24) is 15.3 Å². The number of rotatable bonds is 4. The van der Waals surface area contributed by atoms with E-state index >= 15 is 0 Å². The summed E-state index contributed by atoms with van der Waals surface area (Å²) >= 11 is 1.62. The average Bonchev–Trinajstić information content (AvgIpc) is 2.92. The van der Waals surface area contributed by atoms with Crippen LogP contribution in [-0.2, 0) is 6.42 Å². The molecule has 1 N–H and O–H groups in total. The molecule has 0 aliphatic heterocycles. The van der Waals surface area contributed by atoms with Gasteiger partial charge in [-0.3, -0.25) is 4.79 Å². The molecule has 2 heterocycles. The number of thiazole rings is 1. The summed E-state index contributed by atoms with van der Waals surface area (Å²) in [6, 6.07) is 11.4. The van der Waals surface area contributed by atoms with E-state index in [2.05, 4.69) is 15.3 Å². The van der Waals surface area contributed by atoms with E-state index in [1.165, 1.54) is 0 Å². The molecular weight excluding hydrogens is 282 g/mol. The molecule has 0 fully saturated rings. The van der Waals surface area contributed by atoms with Crippen molar-refractivity contribution < 1.29 is 4.79 Å². The van der Waals surface area contributed by atoms with E-state index in [-0.39, 0.29) is 5.91 Å². The van der Waals surface area contributed by atoms with Crippen LogP contribution in [0.5, 0.6) is 0 Å². The number of nitrogens with one attached hydrogen (secondary N) is 1. The van der Waals surface area contributed by atoms with Crippen molar-refractivity contribution in [3.05, 3.63) is 58.2 Å². The fourth-order valence-electron chi connectivity index (χ4n) is 2.11. The average molecular weight is 297 g/mol. The molecule has 5 heteroatoms. The van der Waals surface area contributed by atoms with Gasteiger partial charge in [-0.05, 0) is 19.1 Å². The van der Waals surface area contributed by atoms with E-state index in [0.29, 0.717) is 12.2 Å². The minimum Gasteiger partial charge on any atom is -0.350 e. The first kappa shape index (κ1) is 13.7. The molecule has 1 aromatic carbocycles. The van der Waals surface area contributed by atoms with Gasteiger partial charge in [0.25, 0.3) is 5.91 Å². The van der Waals surface area contributed by atoms with Crippen LogP contribution in [-0.4, -0.2) is 22.4 Å². The number of hydrogen-bond acceptors (Lipinski definition) is 4. The Hall–Kier alpha value is -2.27. The van der Waals surface area contributed by atoms with Gasteiger partial charge in [-0.2, -0.15) is 0 Å². The predicted molar refractivity (Wildman–Crippen MR) is 84.6 cm³/mol. The highest BCUT2D eigenvalue weighted by molar-refractivity contribution is 7.09. The molecule has 0 spiro atoms. The topological polar surface area (TPSA) is 54.9 Å². The molecule has 0 radical (unpaired) electrons. The van der Waals surface area contributed by atoms with Crippen LogP contribution in [0.3, 0.4) is 0 Å². The fourth-order valence-corrected chi connectivity index (χ4v) is 2.76. The lowest BCUT2D eigenvalue weighted by atomic mass is 10.2. The van der Waals surface area contributed by atoms with Gasteiger partial charge in [-0.15, -0.1) is 11.3 Å². The molecule has 106 valence electrons. The van der Waals surface area contributed by atoms with Crippen molar-refractivity contribution in [1.29, 1.82) is 0 Å². The first-order valence-corrected chi connectivity index (χ1v) is 7.65. The minimum atomic E-state index is -0.146. The van der Waals surface area contributed by atoms with E-state index in [1.54, 1.807) is 17.4 Å². The summed E-state index contributed by atoms with van der Waals surface area (Å²) in [6.45, 7) is 2.54. The molecule has 3 aromatic rings. The first-order valence-electron chi connectivity index (χ1n) is 6.77. The first-order chi connectivity index (χ1) is 10.2. The molecule has 21 heavy (non-hydrogen) atoms. The molecule has 3 rings (SSSR count). The van der Waals surface area contributed by atoms with Crippen LogP contribution in [0.15, 0.2) is 41.8 Å². The van der Waals surface area contributed by atoms with E-state index < -0.39 is 0 Å². The number of amides is 1. The smallest absolute Gasteiger partial charge is 0.269 e. The molecule has 4 nitrogen and oxygen atoms in total. The molecule has 0 atom stereocenters. The zero-order valence-corrected chi connectivity index (χ0v) is 12.5. The van der Waals surface area contributed by atoms with Gasteiger partial charge in [-0.25, -0.2) is 9.97 Å². The number of nitrogens with zero attached hydrogens (tertiary/aromatic N) is 2. The number of hydrogen-bond donors (Lipinski definition) is 1. The number of aromatic nitrogens is 2. The van der Waals surface area contributed by atoms with Crippen LogP contribution in [0.1, 0.15) is 21.2 Å². The lowest BCUT2D eigenvalue weighted by Crippen LogP contribution is -2.26. The third-order valence-electron chi connectivity index (χ3n) is 3.16. The predicted octanol–water partition coefficient (Wildman–Crippen LogP) is 2.97. The van der Waals surface area contributed by atoms with Gasteiger partial charge in [0.2, 0.25) is 0 Å². The second-order valence-electron chi connectivity index (χ2n) is 4.75. The minimum absolute atomic E-state index is 0.146. The van der Waals surface area contributed by atoms with Crippen LogP contribution in [0.2, 0.25) is 0 Å². The highest BCUT2D eigenvalue weighted by Gasteiger charge is 2.08. The van der Waals surface area contributed by atoms with Gasteiger partial charge >= 0.3 is 0 Å². The van der Waals surface area contributed by atoms with Crippen molar-refractivity contribution >= 4 is 28.1 Å². The van der Waals surface area contributed by atoms with Gasteiger partial charge in [0.05, 0.1) is 16.2 Å². The van der Waals surface area contributed by atoms with E-state index in [1.807, 2.05) is 42.6 Å². The van der Waals surface area contributed by atoms with Crippen LogP contribution >= 0.6 is 11.3 Å². The van der Waals surface area contributed by atoms with E-state index in [9.17, 15) is 4.79 Å². The number of fused-ring (bicyclic) bond motifs is 1. The van der Waals surface area contributed by atoms with E-state index in [4.69, 9.17) is 0 Å². The maximum absolute atomic E-state index is 12.1. The van der Waals surface area contributed by atoms with Gasteiger partial charge in [0.1, 0.15) is 5.69 Å². The van der Waals surface area contributed by atoms with E-state index in [0.717, 1.165) is 28.0 Å². The number of benzene rings is 1. The Bertz CT molecular complexity index is 782. The van der Waals surface area contributed by atoms with Gasteiger partial charge < -0.3 is 5.32 Å². The van der Waals surface area contributed by atoms with Crippen molar-refractivity contribution in [2.45, 2.75) is 13.3 Å². The zero-order chi connectivity index (χ0) is 14.7.